The maximum absolute atomic E-state index is 9.53. The second kappa shape index (κ2) is 19.0. The van der Waals surface area contributed by atoms with Crippen molar-refractivity contribution in [2.24, 2.45) is 0 Å². The van der Waals surface area contributed by atoms with Gasteiger partial charge in [-0.2, -0.15) is 0 Å². The van der Waals surface area contributed by atoms with Crippen LogP contribution in [-0.2, 0) is 0 Å². The van der Waals surface area contributed by atoms with E-state index in [1.54, 1.807) is 41.5 Å². The molecule has 0 saturated heterocycles. The first kappa shape index (κ1) is 23.9. The van der Waals surface area contributed by atoms with E-state index < -0.39 is 18.3 Å². The van der Waals surface area contributed by atoms with Crippen LogP contribution in [0.2, 0.25) is 0 Å². The Labute approximate surface area is 121 Å². The molecule has 0 aromatic heterocycles. The van der Waals surface area contributed by atoms with Gasteiger partial charge >= 0.3 is 46.9 Å². The summed E-state index contributed by atoms with van der Waals surface area (Å²) in [4.78, 5) is 0. The molecule has 0 atom stereocenters. The monoisotopic (exact) mass is 351 g/mol. The summed E-state index contributed by atoms with van der Waals surface area (Å²) in [6.45, 7) is 9.67. The second-order valence-corrected chi connectivity index (χ2v) is 3.15. The summed E-state index contributed by atoms with van der Waals surface area (Å²) in [6.07, 6.45) is -1.25. The van der Waals surface area contributed by atoms with Crippen molar-refractivity contribution in [1.82, 2.24) is 0 Å². The van der Waals surface area contributed by atoms with Crippen LogP contribution < -0.4 is 15.3 Å². The van der Waals surface area contributed by atoms with Gasteiger partial charge in [0.2, 0.25) is 0 Å². The molecule has 0 aliphatic rings. The van der Waals surface area contributed by atoms with E-state index in [1.165, 1.54) is 0 Å². The Morgan fingerprint density at radius 2 is 0.538 bits per heavy atom. The van der Waals surface area contributed by atoms with Crippen molar-refractivity contribution in [1.29, 1.82) is 0 Å². The minimum absolute atomic E-state index is 0. The Hall–Kier alpha value is 1.40. The fourth-order valence-corrected chi connectivity index (χ4v) is 0. The van der Waals surface area contributed by atoms with Crippen molar-refractivity contribution in [2.75, 3.05) is 0 Å². The standard InChI is InChI=1S/3C3H7O.Yb/c3*1-3(2)4;/h3*3H,1-2H3;/q3*-1;+3. The van der Waals surface area contributed by atoms with Crippen LogP contribution in [0, 0.1) is 46.9 Å². The van der Waals surface area contributed by atoms with Gasteiger partial charge in [-0.05, 0) is 0 Å². The quantitative estimate of drug-likeness (QED) is 0.578. The molecule has 0 spiro atoms. The largest absolute Gasteiger partial charge is 3.00 e. The molecule has 0 bridgehead atoms. The van der Waals surface area contributed by atoms with Gasteiger partial charge in [0.05, 0.1) is 0 Å². The molecule has 0 aliphatic heterocycles. The molecular weight excluding hydrogens is 329 g/mol. The average Bonchev–Trinajstić information content (AvgIpc) is 1.54. The Balaban J connectivity index is -0.0000000450. The molecule has 0 amide bonds. The van der Waals surface area contributed by atoms with Gasteiger partial charge in [-0.15, -0.1) is 18.3 Å². The Morgan fingerprint density at radius 1 is 0.538 bits per heavy atom. The molecule has 0 unspecified atom stereocenters. The first-order valence-electron chi connectivity index (χ1n) is 4.17. The molecule has 0 aromatic rings. The number of rotatable bonds is 0. The molecular formula is C9H21O3Yb. The second-order valence-electron chi connectivity index (χ2n) is 3.15. The van der Waals surface area contributed by atoms with Gasteiger partial charge in [0.1, 0.15) is 0 Å². The normalized spacial score (nSPS) is 8.31. The first-order chi connectivity index (χ1) is 5.20. The molecule has 0 aliphatic carbocycles. The SMILES string of the molecule is CC(C)[O-].CC(C)[O-].CC(C)[O-].[Yb+3]. The van der Waals surface area contributed by atoms with Gasteiger partial charge in [0, 0.05) is 0 Å². The average molecular weight is 350 g/mol. The van der Waals surface area contributed by atoms with Crippen LogP contribution in [0.1, 0.15) is 41.5 Å². The van der Waals surface area contributed by atoms with Gasteiger partial charge in [-0.3, -0.25) is 0 Å². The van der Waals surface area contributed by atoms with Crippen molar-refractivity contribution >= 4 is 0 Å². The Kier molecular flexibility index (Phi) is 35.0. The molecule has 1 radical (unpaired) electrons. The number of hydrogen-bond acceptors (Lipinski definition) is 3. The summed E-state index contributed by atoms with van der Waals surface area (Å²) in [7, 11) is 0. The van der Waals surface area contributed by atoms with Crippen LogP contribution in [0.3, 0.4) is 0 Å². The molecule has 0 heterocycles. The molecule has 0 rings (SSSR count). The maximum Gasteiger partial charge on any atom is 3.00 e. The zero-order valence-corrected chi connectivity index (χ0v) is 10.9. The van der Waals surface area contributed by atoms with Gasteiger partial charge in [-0.25, -0.2) is 0 Å². The zero-order chi connectivity index (χ0) is 10.7. The summed E-state index contributed by atoms with van der Waals surface area (Å²) < 4.78 is 0. The number of hydrogen-bond donors (Lipinski definition) is 0. The minimum atomic E-state index is -0.417. The zero-order valence-electron chi connectivity index (χ0n) is 9.22. The predicted molar refractivity (Wildman–Crippen MR) is 45.4 cm³/mol. The third-order valence-corrected chi connectivity index (χ3v) is 0. The third kappa shape index (κ3) is 889. The molecule has 4 heteroatoms. The van der Waals surface area contributed by atoms with Crippen molar-refractivity contribution < 1.29 is 62.2 Å². The first-order valence-corrected chi connectivity index (χ1v) is 4.17. The van der Waals surface area contributed by atoms with Gasteiger partial charge in [-0.1, -0.05) is 41.5 Å². The molecule has 0 aromatic carbocycles. The van der Waals surface area contributed by atoms with Crippen molar-refractivity contribution in [3.63, 3.8) is 0 Å². The molecule has 13 heavy (non-hydrogen) atoms. The Bertz CT molecular complexity index is 43.4. The van der Waals surface area contributed by atoms with E-state index in [0.29, 0.717) is 0 Å². The van der Waals surface area contributed by atoms with E-state index in [9.17, 15) is 15.3 Å². The van der Waals surface area contributed by atoms with E-state index in [0.717, 1.165) is 0 Å². The fraction of sp³-hybridized carbons (Fsp3) is 1.00. The van der Waals surface area contributed by atoms with E-state index in [2.05, 4.69) is 0 Å². The fourth-order valence-electron chi connectivity index (χ4n) is 0. The summed E-state index contributed by atoms with van der Waals surface area (Å²) in [5.41, 5.74) is 0. The van der Waals surface area contributed by atoms with Crippen LogP contribution in [0.25, 0.3) is 0 Å². The van der Waals surface area contributed by atoms with Crippen LogP contribution >= 0.6 is 0 Å². The van der Waals surface area contributed by atoms with Crippen LogP contribution in [0.5, 0.6) is 0 Å². The van der Waals surface area contributed by atoms with E-state index >= 15 is 0 Å². The van der Waals surface area contributed by atoms with E-state index in [1.807, 2.05) is 0 Å². The van der Waals surface area contributed by atoms with Crippen LogP contribution in [0.4, 0.5) is 0 Å². The summed E-state index contributed by atoms with van der Waals surface area (Å²) >= 11 is 0. The minimum Gasteiger partial charge on any atom is -0.852 e. The molecule has 89 valence electrons. The molecule has 0 saturated carbocycles. The van der Waals surface area contributed by atoms with Gasteiger partial charge in [0.15, 0.2) is 0 Å². The van der Waals surface area contributed by atoms with Crippen molar-refractivity contribution in [3.8, 4) is 0 Å². The van der Waals surface area contributed by atoms with E-state index in [4.69, 9.17) is 0 Å². The van der Waals surface area contributed by atoms with Crippen LogP contribution in [0.15, 0.2) is 0 Å². The van der Waals surface area contributed by atoms with Crippen molar-refractivity contribution in [3.05, 3.63) is 0 Å². The van der Waals surface area contributed by atoms with Crippen molar-refractivity contribution in [2.45, 2.75) is 59.9 Å². The summed E-state index contributed by atoms with van der Waals surface area (Å²) in [5.74, 6) is 0. The van der Waals surface area contributed by atoms with Gasteiger partial charge in [0.25, 0.3) is 0 Å². The topological polar surface area (TPSA) is 69.2 Å². The third-order valence-electron chi connectivity index (χ3n) is 0. The van der Waals surface area contributed by atoms with Gasteiger partial charge < -0.3 is 15.3 Å². The van der Waals surface area contributed by atoms with E-state index in [-0.39, 0.29) is 46.9 Å². The molecule has 0 fully saturated rings. The smallest absolute Gasteiger partial charge is 0.852 e. The molecule has 0 N–H and O–H groups in total. The van der Waals surface area contributed by atoms with Crippen LogP contribution in [-0.4, -0.2) is 18.3 Å². The maximum atomic E-state index is 9.53. The summed E-state index contributed by atoms with van der Waals surface area (Å²) in [5, 5.41) is 28.6. The summed E-state index contributed by atoms with van der Waals surface area (Å²) in [6, 6.07) is 0. The molecule has 3 nitrogen and oxygen atoms in total. The predicted octanol–water partition coefficient (Wildman–Crippen LogP) is -0.735. The Morgan fingerprint density at radius 3 is 0.538 bits per heavy atom.